The first kappa shape index (κ1) is 15.3. The van der Waals surface area contributed by atoms with E-state index in [0.29, 0.717) is 17.9 Å². The molecule has 0 bridgehead atoms. The number of benzene rings is 1. The predicted molar refractivity (Wildman–Crippen MR) is 78.4 cm³/mol. The molecule has 3 nitrogen and oxygen atoms in total. The molecule has 1 heterocycles. The fourth-order valence-electron chi connectivity index (χ4n) is 2.52. The van der Waals surface area contributed by atoms with Crippen molar-refractivity contribution in [2.24, 2.45) is 0 Å². The van der Waals surface area contributed by atoms with Gasteiger partial charge in [0.05, 0.1) is 6.17 Å². The van der Waals surface area contributed by atoms with E-state index in [9.17, 15) is 9.18 Å². The second-order valence-corrected chi connectivity index (χ2v) is 5.45. The lowest BCUT2D eigenvalue weighted by atomic mass is 10.1. The lowest BCUT2D eigenvalue weighted by Gasteiger charge is -2.34. The average Bonchev–Trinajstić information content (AvgIpc) is 2.48. The van der Waals surface area contributed by atoms with Crippen molar-refractivity contribution < 1.29 is 9.18 Å². The molecule has 0 aliphatic carbocycles. The van der Waals surface area contributed by atoms with Gasteiger partial charge in [0, 0.05) is 24.5 Å². The highest BCUT2D eigenvalue weighted by Gasteiger charge is 2.22. The number of nitrogens with one attached hydrogen (secondary N) is 1. The maximum Gasteiger partial charge on any atom is 0.252 e. The molecule has 1 N–H and O–H groups in total. The van der Waals surface area contributed by atoms with Gasteiger partial charge in [-0.15, -0.1) is 11.6 Å². The number of piperidine rings is 1. The van der Waals surface area contributed by atoms with Gasteiger partial charge in [-0.1, -0.05) is 6.42 Å². The predicted octanol–water partition coefficient (Wildman–Crippen LogP) is 3.00. The number of likely N-dealkylation sites (tertiary alicyclic amines) is 1. The van der Waals surface area contributed by atoms with Crippen LogP contribution < -0.4 is 5.32 Å². The Kier molecular flexibility index (Phi) is 5.80. The van der Waals surface area contributed by atoms with Crippen LogP contribution in [0.1, 0.15) is 36.0 Å². The van der Waals surface area contributed by atoms with Crippen molar-refractivity contribution in [3.63, 3.8) is 0 Å². The molecule has 1 unspecified atom stereocenters. The molecule has 0 radical (unpaired) electrons. The van der Waals surface area contributed by atoms with E-state index in [4.69, 9.17) is 11.6 Å². The highest BCUT2D eigenvalue weighted by atomic mass is 35.5. The van der Waals surface area contributed by atoms with Crippen molar-refractivity contribution in [2.45, 2.75) is 31.8 Å². The minimum absolute atomic E-state index is 0.0367. The SMILES string of the molecule is O=C(NC(CCCl)N1CCCCC1)c1ccc(F)cc1. The molecule has 2 rings (SSSR count). The number of hydrogen-bond donors (Lipinski definition) is 1. The topological polar surface area (TPSA) is 32.3 Å². The lowest BCUT2D eigenvalue weighted by Crippen LogP contribution is -2.50. The molecule has 1 atom stereocenters. The van der Waals surface area contributed by atoms with Crippen molar-refractivity contribution in [3.8, 4) is 0 Å². The average molecular weight is 299 g/mol. The van der Waals surface area contributed by atoms with Crippen LogP contribution >= 0.6 is 11.6 Å². The molecule has 1 saturated heterocycles. The largest absolute Gasteiger partial charge is 0.336 e. The molecular formula is C15H20ClFN2O. The molecule has 1 aromatic carbocycles. The minimum atomic E-state index is -0.338. The zero-order valence-electron chi connectivity index (χ0n) is 11.4. The molecule has 20 heavy (non-hydrogen) atoms. The van der Waals surface area contributed by atoms with Crippen LogP contribution in [-0.2, 0) is 0 Å². The summed E-state index contributed by atoms with van der Waals surface area (Å²) in [4.78, 5) is 14.5. The van der Waals surface area contributed by atoms with Gasteiger partial charge in [0.1, 0.15) is 5.82 Å². The van der Waals surface area contributed by atoms with Crippen LogP contribution in [0.25, 0.3) is 0 Å². The van der Waals surface area contributed by atoms with Gasteiger partial charge in [0.15, 0.2) is 0 Å². The summed E-state index contributed by atoms with van der Waals surface area (Å²) in [5, 5.41) is 3.00. The van der Waals surface area contributed by atoms with Crippen molar-refractivity contribution in [1.29, 1.82) is 0 Å². The van der Waals surface area contributed by atoms with E-state index in [0.717, 1.165) is 25.9 Å². The molecule has 1 aliphatic heterocycles. The molecule has 0 aromatic heterocycles. The maximum atomic E-state index is 12.9. The first-order valence-electron chi connectivity index (χ1n) is 7.07. The smallest absolute Gasteiger partial charge is 0.252 e. The van der Waals surface area contributed by atoms with Gasteiger partial charge in [-0.25, -0.2) is 4.39 Å². The number of carbonyl (C=O) groups is 1. The molecule has 0 spiro atoms. The second kappa shape index (κ2) is 7.60. The number of hydrogen-bond acceptors (Lipinski definition) is 2. The van der Waals surface area contributed by atoms with Gasteiger partial charge in [-0.05, 0) is 43.5 Å². The third kappa shape index (κ3) is 4.18. The second-order valence-electron chi connectivity index (χ2n) is 5.07. The minimum Gasteiger partial charge on any atom is -0.336 e. The highest BCUT2D eigenvalue weighted by Crippen LogP contribution is 2.14. The Morgan fingerprint density at radius 2 is 1.90 bits per heavy atom. The van der Waals surface area contributed by atoms with Crippen LogP contribution in [0.2, 0.25) is 0 Å². The first-order valence-corrected chi connectivity index (χ1v) is 7.60. The van der Waals surface area contributed by atoms with Crippen LogP contribution in [0, 0.1) is 5.82 Å². The van der Waals surface area contributed by atoms with E-state index in [1.807, 2.05) is 0 Å². The van der Waals surface area contributed by atoms with Crippen LogP contribution in [-0.4, -0.2) is 35.9 Å². The Morgan fingerprint density at radius 3 is 2.50 bits per heavy atom. The van der Waals surface area contributed by atoms with Crippen molar-refractivity contribution in [1.82, 2.24) is 10.2 Å². The van der Waals surface area contributed by atoms with Gasteiger partial charge < -0.3 is 5.32 Å². The fraction of sp³-hybridized carbons (Fsp3) is 0.533. The number of amides is 1. The van der Waals surface area contributed by atoms with Crippen LogP contribution in [0.4, 0.5) is 4.39 Å². The normalized spacial score (nSPS) is 17.7. The van der Waals surface area contributed by atoms with E-state index in [2.05, 4.69) is 10.2 Å². The Labute approximate surface area is 124 Å². The number of carbonyl (C=O) groups excluding carboxylic acids is 1. The first-order chi connectivity index (χ1) is 9.70. The summed E-state index contributed by atoms with van der Waals surface area (Å²) < 4.78 is 12.9. The quantitative estimate of drug-likeness (QED) is 0.848. The lowest BCUT2D eigenvalue weighted by molar-refractivity contribution is 0.0809. The zero-order chi connectivity index (χ0) is 14.4. The zero-order valence-corrected chi connectivity index (χ0v) is 12.2. The van der Waals surface area contributed by atoms with E-state index in [-0.39, 0.29) is 17.9 Å². The van der Waals surface area contributed by atoms with Crippen LogP contribution in [0.15, 0.2) is 24.3 Å². The summed E-state index contributed by atoms with van der Waals surface area (Å²) in [6.07, 6.45) is 4.24. The number of rotatable bonds is 5. The summed E-state index contributed by atoms with van der Waals surface area (Å²) in [6.45, 7) is 1.98. The standard InChI is InChI=1S/C15H20ClFN2O/c16-9-8-14(19-10-2-1-3-11-19)18-15(20)12-4-6-13(17)7-5-12/h4-7,14H,1-3,8-11H2,(H,18,20). The molecular weight excluding hydrogens is 279 g/mol. The Bertz CT molecular complexity index is 432. The Hall–Kier alpha value is -1.13. The summed E-state index contributed by atoms with van der Waals surface area (Å²) in [5.41, 5.74) is 0.475. The molecule has 1 aromatic rings. The van der Waals surface area contributed by atoms with Crippen LogP contribution in [0.5, 0.6) is 0 Å². The van der Waals surface area contributed by atoms with Gasteiger partial charge in [-0.2, -0.15) is 0 Å². The molecule has 1 aliphatic rings. The van der Waals surface area contributed by atoms with Gasteiger partial charge in [0.2, 0.25) is 0 Å². The van der Waals surface area contributed by atoms with E-state index in [1.165, 1.54) is 30.7 Å². The van der Waals surface area contributed by atoms with Gasteiger partial charge >= 0.3 is 0 Å². The highest BCUT2D eigenvalue weighted by molar-refractivity contribution is 6.17. The summed E-state index contributed by atoms with van der Waals surface area (Å²) in [6, 6.07) is 5.59. The molecule has 110 valence electrons. The summed E-state index contributed by atoms with van der Waals surface area (Å²) in [5.74, 6) is -0.00853. The van der Waals surface area contributed by atoms with Crippen molar-refractivity contribution in [3.05, 3.63) is 35.6 Å². The Balaban J connectivity index is 1.99. The molecule has 0 saturated carbocycles. The summed E-state index contributed by atoms with van der Waals surface area (Å²) >= 11 is 5.84. The molecule has 1 amide bonds. The number of nitrogens with zero attached hydrogens (tertiary/aromatic N) is 1. The summed E-state index contributed by atoms with van der Waals surface area (Å²) in [7, 11) is 0. The number of halogens is 2. The molecule has 1 fully saturated rings. The monoisotopic (exact) mass is 298 g/mol. The maximum absolute atomic E-state index is 12.9. The third-order valence-corrected chi connectivity index (χ3v) is 3.84. The fourth-order valence-corrected chi connectivity index (χ4v) is 2.72. The van der Waals surface area contributed by atoms with E-state index < -0.39 is 0 Å². The van der Waals surface area contributed by atoms with Crippen LogP contribution in [0.3, 0.4) is 0 Å². The van der Waals surface area contributed by atoms with E-state index in [1.54, 1.807) is 0 Å². The van der Waals surface area contributed by atoms with Gasteiger partial charge in [-0.3, -0.25) is 9.69 Å². The molecule has 5 heteroatoms. The Morgan fingerprint density at radius 1 is 1.25 bits per heavy atom. The van der Waals surface area contributed by atoms with Crippen molar-refractivity contribution >= 4 is 17.5 Å². The van der Waals surface area contributed by atoms with Gasteiger partial charge in [0.25, 0.3) is 5.91 Å². The van der Waals surface area contributed by atoms with E-state index >= 15 is 0 Å². The third-order valence-electron chi connectivity index (χ3n) is 3.62. The number of alkyl halides is 1. The van der Waals surface area contributed by atoms with Crippen molar-refractivity contribution in [2.75, 3.05) is 19.0 Å².